The zero-order valence-electron chi connectivity index (χ0n) is 14.7. The van der Waals surface area contributed by atoms with E-state index in [1.807, 2.05) is 30.4 Å². The van der Waals surface area contributed by atoms with E-state index in [1.54, 1.807) is 28.3 Å². The molecule has 1 N–H and O–H groups in total. The van der Waals surface area contributed by atoms with Crippen LogP contribution < -0.4 is 14.4 Å². The molecule has 0 saturated carbocycles. The molecule has 0 atom stereocenters. The van der Waals surface area contributed by atoms with Crippen molar-refractivity contribution >= 4 is 29.7 Å². The zero-order chi connectivity index (χ0) is 18.1. The number of aromatic amines is 1. The summed E-state index contributed by atoms with van der Waals surface area (Å²) in [5, 5.41) is 0. The maximum atomic E-state index is 12.1. The lowest BCUT2D eigenvalue weighted by atomic mass is 10.2. The number of amides is 2. The number of fused-ring (bicyclic) bond motifs is 1. The van der Waals surface area contributed by atoms with Crippen molar-refractivity contribution in [1.82, 2.24) is 14.9 Å². The Kier molecular flexibility index (Phi) is 4.22. The fourth-order valence-corrected chi connectivity index (χ4v) is 2.64. The molecular weight excluding hydrogens is 320 g/mol. The average Bonchev–Trinajstić information content (AvgIpc) is 3.07. The standard InChI is InChI=1S/C18H20N4O3/c1-11-16-17(22(3)18(23)21(11)2)20-15(19-16)9-7-12-6-8-13(24-4)14(10-12)25-5/h6-10H,1H2,2-5H3,(H,19,20)/b9-7+. The van der Waals surface area contributed by atoms with E-state index in [4.69, 9.17) is 9.47 Å². The summed E-state index contributed by atoms with van der Waals surface area (Å²) in [6, 6.07) is 5.47. The molecule has 25 heavy (non-hydrogen) atoms. The van der Waals surface area contributed by atoms with Gasteiger partial charge in [-0.25, -0.2) is 9.78 Å². The lowest BCUT2D eigenvalue weighted by Crippen LogP contribution is -2.41. The molecule has 3 rings (SSSR count). The molecule has 2 aromatic rings. The normalized spacial score (nSPS) is 14.2. The Morgan fingerprint density at radius 1 is 1.12 bits per heavy atom. The Morgan fingerprint density at radius 3 is 2.52 bits per heavy atom. The minimum atomic E-state index is -0.167. The predicted molar refractivity (Wildman–Crippen MR) is 97.7 cm³/mol. The van der Waals surface area contributed by atoms with Crippen molar-refractivity contribution in [1.29, 1.82) is 0 Å². The van der Waals surface area contributed by atoms with Gasteiger partial charge >= 0.3 is 6.03 Å². The summed E-state index contributed by atoms with van der Waals surface area (Å²) in [5.41, 5.74) is 2.26. The maximum Gasteiger partial charge on any atom is 0.329 e. The second-order valence-electron chi connectivity index (χ2n) is 5.62. The summed E-state index contributed by atoms with van der Waals surface area (Å²) < 4.78 is 10.5. The number of carbonyl (C=O) groups is 1. The van der Waals surface area contributed by atoms with Gasteiger partial charge in [-0.2, -0.15) is 0 Å². The molecule has 0 spiro atoms. The molecule has 1 aromatic heterocycles. The van der Waals surface area contributed by atoms with Crippen LogP contribution in [0.3, 0.4) is 0 Å². The maximum absolute atomic E-state index is 12.1. The quantitative estimate of drug-likeness (QED) is 0.928. The summed E-state index contributed by atoms with van der Waals surface area (Å²) in [4.78, 5) is 22.8. The highest BCUT2D eigenvalue weighted by atomic mass is 16.5. The number of nitrogens with one attached hydrogen (secondary N) is 1. The third-order valence-corrected chi connectivity index (χ3v) is 4.13. The van der Waals surface area contributed by atoms with Gasteiger partial charge in [0.15, 0.2) is 17.3 Å². The van der Waals surface area contributed by atoms with Crippen molar-refractivity contribution in [3.8, 4) is 11.5 Å². The SMILES string of the molecule is C=C1c2[nH]c(/C=C/c3ccc(OC)c(OC)c3)nc2N(C)C(=O)N1C. The number of hydrogen-bond acceptors (Lipinski definition) is 4. The Hall–Kier alpha value is -3.22. The first-order chi connectivity index (χ1) is 12.0. The molecule has 7 heteroatoms. The van der Waals surface area contributed by atoms with E-state index in [0.717, 1.165) is 11.3 Å². The van der Waals surface area contributed by atoms with Gasteiger partial charge in [0.25, 0.3) is 0 Å². The number of benzene rings is 1. The van der Waals surface area contributed by atoms with Crippen molar-refractivity contribution in [3.63, 3.8) is 0 Å². The highest BCUT2D eigenvalue weighted by Gasteiger charge is 2.31. The lowest BCUT2D eigenvalue weighted by Gasteiger charge is -2.30. The van der Waals surface area contributed by atoms with Crippen LogP contribution in [0.2, 0.25) is 0 Å². The summed E-state index contributed by atoms with van der Waals surface area (Å²) >= 11 is 0. The predicted octanol–water partition coefficient (Wildman–Crippen LogP) is 3.07. The third-order valence-electron chi connectivity index (χ3n) is 4.13. The van der Waals surface area contributed by atoms with Crippen molar-refractivity contribution in [2.75, 3.05) is 33.2 Å². The Bertz CT molecular complexity index is 869. The van der Waals surface area contributed by atoms with Crippen LogP contribution in [-0.2, 0) is 0 Å². The molecule has 0 fully saturated rings. The summed E-state index contributed by atoms with van der Waals surface area (Å²) in [5.74, 6) is 2.53. The topological polar surface area (TPSA) is 70.7 Å². The van der Waals surface area contributed by atoms with Gasteiger partial charge in [-0.1, -0.05) is 18.7 Å². The van der Waals surface area contributed by atoms with Gasteiger partial charge in [0, 0.05) is 14.1 Å². The lowest BCUT2D eigenvalue weighted by molar-refractivity contribution is 0.230. The Balaban J connectivity index is 1.90. The van der Waals surface area contributed by atoms with Crippen LogP contribution in [0.5, 0.6) is 11.5 Å². The Labute approximate surface area is 146 Å². The number of ether oxygens (including phenoxy) is 2. The van der Waals surface area contributed by atoms with Crippen LogP contribution in [0.15, 0.2) is 24.8 Å². The van der Waals surface area contributed by atoms with Crippen molar-refractivity contribution in [2.45, 2.75) is 0 Å². The van der Waals surface area contributed by atoms with Crippen LogP contribution in [-0.4, -0.2) is 49.2 Å². The van der Waals surface area contributed by atoms with Crippen molar-refractivity contribution in [3.05, 3.63) is 41.9 Å². The smallest absolute Gasteiger partial charge is 0.329 e. The molecule has 1 aliphatic heterocycles. The molecule has 0 saturated heterocycles. The van der Waals surface area contributed by atoms with Gasteiger partial charge in [-0.3, -0.25) is 9.80 Å². The molecule has 1 aliphatic rings. The minimum absolute atomic E-state index is 0.167. The largest absolute Gasteiger partial charge is 0.493 e. The fourth-order valence-electron chi connectivity index (χ4n) is 2.64. The number of carbonyl (C=O) groups excluding carboxylic acids is 1. The fraction of sp³-hybridized carbons (Fsp3) is 0.222. The first kappa shape index (κ1) is 16.6. The molecule has 0 aliphatic carbocycles. The van der Waals surface area contributed by atoms with E-state index in [-0.39, 0.29) is 6.03 Å². The van der Waals surface area contributed by atoms with Crippen LogP contribution in [0.25, 0.3) is 17.8 Å². The van der Waals surface area contributed by atoms with Gasteiger partial charge in [0.1, 0.15) is 11.5 Å². The summed E-state index contributed by atoms with van der Waals surface area (Å²) in [7, 11) is 6.57. The number of imidazole rings is 1. The molecular formula is C18H20N4O3. The molecule has 0 radical (unpaired) electrons. The summed E-state index contributed by atoms with van der Waals surface area (Å²) in [6.07, 6.45) is 3.74. The van der Waals surface area contributed by atoms with Gasteiger partial charge in [0.2, 0.25) is 0 Å². The average molecular weight is 340 g/mol. The molecule has 1 aromatic carbocycles. The van der Waals surface area contributed by atoms with E-state index >= 15 is 0 Å². The molecule has 7 nitrogen and oxygen atoms in total. The van der Waals surface area contributed by atoms with E-state index in [1.165, 1.54) is 9.80 Å². The number of nitrogens with zero attached hydrogens (tertiary/aromatic N) is 3. The molecule has 2 heterocycles. The highest BCUT2D eigenvalue weighted by molar-refractivity contribution is 6.02. The number of H-pyrrole nitrogens is 1. The van der Waals surface area contributed by atoms with Crippen molar-refractivity contribution in [2.24, 2.45) is 0 Å². The zero-order valence-corrected chi connectivity index (χ0v) is 14.7. The van der Waals surface area contributed by atoms with Crippen LogP contribution in [0.1, 0.15) is 17.1 Å². The monoisotopic (exact) mass is 340 g/mol. The van der Waals surface area contributed by atoms with Gasteiger partial charge in [-0.05, 0) is 23.8 Å². The number of anilines is 1. The van der Waals surface area contributed by atoms with Crippen LogP contribution in [0, 0.1) is 0 Å². The van der Waals surface area contributed by atoms with Gasteiger partial charge < -0.3 is 14.5 Å². The Morgan fingerprint density at radius 2 is 1.84 bits per heavy atom. The minimum Gasteiger partial charge on any atom is -0.493 e. The first-order valence-electron chi connectivity index (χ1n) is 7.67. The second-order valence-corrected chi connectivity index (χ2v) is 5.62. The van der Waals surface area contributed by atoms with E-state index in [0.29, 0.717) is 28.8 Å². The van der Waals surface area contributed by atoms with E-state index < -0.39 is 0 Å². The molecule has 0 bridgehead atoms. The third kappa shape index (κ3) is 2.84. The second kappa shape index (κ2) is 6.35. The van der Waals surface area contributed by atoms with Gasteiger partial charge in [0.05, 0.1) is 19.9 Å². The number of urea groups is 1. The van der Waals surface area contributed by atoms with Gasteiger partial charge in [-0.15, -0.1) is 0 Å². The van der Waals surface area contributed by atoms with E-state index in [2.05, 4.69) is 16.5 Å². The number of rotatable bonds is 4. The van der Waals surface area contributed by atoms with Crippen LogP contribution >= 0.6 is 0 Å². The molecule has 130 valence electrons. The van der Waals surface area contributed by atoms with Crippen molar-refractivity contribution < 1.29 is 14.3 Å². The molecule has 2 amide bonds. The number of aromatic nitrogens is 2. The van der Waals surface area contributed by atoms with E-state index in [9.17, 15) is 4.79 Å². The van der Waals surface area contributed by atoms with Crippen LogP contribution in [0.4, 0.5) is 10.6 Å². The highest BCUT2D eigenvalue weighted by Crippen LogP contribution is 2.32. The first-order valence-corrected chi connectivity index (χ1v) is 7.67. The molecule has 0 unspecified atom stereocenters. The summed E-state index contributed by atoms with van der Waals surface area (Å²) in [6.45, 7) is 3.95. The number of methoxy groups -OCH3 is 2. The number of hydrogen-bond donors (Lipinski definition) is 1.